The van der Waals surface area contributed by atoms with E-state index in [0.29, 0.717) is 0 Å². The molecule has 0 aliphatic carbocycles. The SMILES string of the molecule is CC(O)C1CN(S(=O)(=O)c2ccc(F)cc2)c2cc(NC(=O)c3c(F)cccc3Cl)ccc2O1. The molecule has 4 rings (SSSR count). The lowest BCUT2D eigenvalue weighted by Gasteiger charge is -2.36. The van der Waals surface area contributed by atoms with Crippen LogP contribution >= 0.6 is 11.6 Å². The number of ether oxygens (including phenoxy) is 1. The molecule has 0 saturated heterocycles. The number of carbonyl (C=O) groups is 1. The average molecular weight is 509 g/mol. The van der Waals surface area contributed by atoms with Gasteiger partial charge in [-0.05, 0) is 61.5 Å². The minimum absolute atomic E-state index is 0.0821. The molecule has 1 heterocycles. The van der Waals surface area contributed by atoms with E-state index in [1.807, 2.05) is 0 Å². The maximum Gasteiger partial charge on any atom is 0.264 e. The van der Waals surface area contributed by atoms with Crippen LogP contribution in [0.3, 0.4) is 0 Å². The molecule has 7 nitrogen and oxygen atoms in total. The van der Waals surface area contributed by atoms with E-state index < -0.39 is 39.8 Å². The molecule has 0 saturated carbocycles. The highest BCUT2D eigenvalue weighted by Crippen LogP contribution is 2.39. The molecule has 2 N–H and O–H groups in total. The van der Waals surface area contributed by atoms with Gasteiger partial charge >= 0.3 is 0 Å². The number of carbonyl (C=O) groups excluding carboxylic acids is 1. The summed E-state index contributed by atoms with van der Waals surface area (Å²) in [7, 11) is -4.19. The van der Waals surface area contributed by atoms with Crippen LogP contribution in [0.25, 0.3) is 0 Å². The Balaban J connectivity index is 1.74. The summed E-state index contributed by atoms with van der Waals surface area (Å²) in [6.45, 7) is 1.23. The molecule has 0 spiro atoms. The molecule has 2 atom stereocenters. The minimum atomic E-state index is -4.19. The summed E-state index contributed by atoms with van der Waals surface area (Å²) in [5.74, 6) is -2.09. The van der Waals surface area contributed by atoms with Crippen LogP contribution in [-0.2, 0) is 10.0 Å². The number of rotatable bonds is 5. The van der Waals surface area contributed by atoms with Crippen LogP contribution in [0.4, 0.5) is 20.2 Å². The van der Waals surface area contributed by atoms with Gasteiger partial charge in [0.15, 0.2) is 0 Å². The standard InChI is InChI=1S/C23H19ClF2N2O5S/c1-13(29)21-12-28(34(31,32)16-8-5-14(25)6-9-16)19-11-15(7-10-20(19)33-21)27-23(30)22-17(24)3-2-4-18(22)26/h2-11,13,21,29H,12H2,1H3,(H,27,30). The minimum Gasteiger partial charge on any atom is -0.484 e. The van der Waals surface area contributed by atoms with Crippen molar-refractivity contribution in [2.75, 3.05) is 16.2 Å². The monoisotopic (exact) mass is 508 g/mol. The van der Waals surface area contributed by atoms with Crippen LogP contribution < -0.4 is 14.4 Å². The van der Waals surface area contributed by atoms with Crippen LogP contribution in [0.15, 0.2) is 65.6 Å². The molecule has 34 heavy (non-hydrogen) atoms. The van der Waals surface area contributed by atoms with Gasteiger partial charge in [-0.3, -0.25) is 9.10 Å². The molecule has 11 heteroatoms. The van der Waals surface area contributed by atoms with Gasteiger partial charge in [-0.2, -0.15) is 0 Å². The summed E-state index contributed by atoms with van der Waals surface area (Å²) in [5.41, 5.74) is -0.122. The number of nitrogens with one attached hydrogen (secondary N) is 1. The molecule has 3 aromatic rings. The lowest BCUT2D eigenvalue weighted by Crippen LogP contribution is -2.47. The van der Waals surface area contributed by atoms with Gasteiger partial charge in [0.2, 0.25) is 0 Å². The van der Waals surface area contributed by atoms with Gasteiger partial charge in [0, 0.05) is 5.69 Å². The third-order valence-electron chi connectivity index (χ3n) is 5.24. The first-order valence-corrected chi connectivity index (χ1v) is 11.9. The molecule has 2 unspecified atom stereocenters. The summed E-state index contributed by atoms with van der Waals surface area (Å²) >= 11 is 5.95. The second-order valence-corrected chi connectivity index (χ2v) is 9.89. The predicted octanol–water partition coefficient (Wildman–Crippen LogP) is 4.21. The lowest BCUT2D eigenvalue weighted by atomic mass is 10.1. The average Bonchev–Trinajstić information content (AvgIpc) is 2.78. The highest BCUT2D eigenvalue weighted by molar-refractivity contribution is 7.92. The number of fused-ring (bicyclic) bond motifs is 1. The van der Waals surface area contributed by atoms with Gasteiger partial charge < -0.3 is 15.2 Å². The normalized spacial score (nSPS) is 16.4. The van der Waals surface area contributed by atoms with Gasteiger partial charge in [0.05, 0.1) is 33.8 Å². The zero-order chi connectivity index (χ0) is 24.6. The lowest BCUT2D eigenvalue weighted by molar-refractivity contribution is 0.0503. The Hall–Kier alpha value is -3.21. The van der Waals surface area contributed by atoms with Crippen molar-refractivity contribution in [2.45, 2.75) is 24.0 Å². The fourth-order valence-corrected chi connectivity index (χ4v) is 5.20. The smallest absolute Gasteiger partial charge is 0.264 e. The maximum absolute atomic E-state index is 14.1. The number of hydrogen-bond acceptors (Lipinski definition) is 5. The zero-order valence-corrected chi connectivity index (χ0v) is 19.3. The van der Waals surface area contributed by atoms with Crippen molar-refractivity contribution in [3.05, 3.63) is 82.9 Å². The molecule has 3 aromatic carbocycles. The number of halogens is 3. The molecule has 0 aromatic heterocycles. The molecule has 1 aliphatic rings. The zero-order valence-electron chi connectivity index (χ0n) is 17.7. The van der Waals surface area contributed by atoms with Gasteiger partial charge in [-0.15, -0.1) is 0 Å². The number of aliphatic hydroxyl groups is 1. The Bertz CT molecular complexity index is 1330. The molecular weight excluding hydrogens is 490 g/mol. The van der Waals surface area contributed by atoms with E-state index in [9.17, 15) is 27.1 Å². The third-order valence-corrected chi connectivity index (χ3v) is 7.35. The highest BCUT2D eigenvalue weighted by atomic mass is 35.5. The van der Waals surface area contributed by atoms with Crippen LogP contribution in [0.1, 0.15) is 17.3 Å². The highest BCUT2D eigenvalue weighted by Gasteiger charge is 2.36. The fraction of sp³-hybridized carbons (Fsp3) is 0.174. The summed E-state index contributed by atoms with van der Waals surface area (Å²) in [4.78, 5) is 12.5. The van der Waals surface area contributed by atoms with Gasteiger partial charge in [0.1, 0.15) is 23.5 Å². The summed E-state index contributed by atoms with van der Waals surface area (Å²) < 4.78 is 61.0. The molecule has 178 valence electrons. The van der Waals surface area contributed by atoms with E-state index >= 15 is 0 Å². The number of amides is 1. The number of nitrogens with zero attached hydrogens (tertiary/aromatic N) is 1. The second-order valence-electron chi connectivity index (χ2n) is 7.62. The first-order chi connectivity index (χ1) is 16.1. The Morgan fingerprint density at radius 3 is 2.53 bits per heavy atom. The molecule has 1 aliphatic heterocycles. The molecular formula is C23H19ClF2N2O5S. The first-order valence-electron chi connectivity index (χ1n) is 10.1. The van der Waals surface area contributed by atoms with Gasteiger partial charge in [-0.1, -0.05) is 17.7 Å². The Morgan fingerprint density at radius 1 is 1.18 bits per heavy atom. The summed E-state index contributed by atoms with van der Waals surface area (Å²) in [6, 6.07) is 12.3. The molecule has 1 amide bonds. The van der Waals surface area contributed by atoms with Crippen LogP contribution in [0.5, 0.6) is 5.75 Å². The number of benzene rings is 3. The van der Waals surface area contributed by atoms with Crippen LogP contribution in [0.2, 0.25) is 5.02 Å². The third kappa shape index (κ3) is 4.56. The van der Waals surface area contributed by atoms with E-state index in [1.165, 1.54) is 37.3 Å². The molecule has 0 radical (unpaired) electrons. The quantitative estimate of drug-likeness (QED) is 0.538. The Labute approximate surface area is 199 Å². The van der Waals surface area contributed by atoms with Gasteiger partial charge in [-0.25, -0.2) is 17.2 Å². The van der Waals surface area contributed by atoms with Crippen LogP contribution in [0, 0.1) is 11.6 Å². The van der Waals surface area contributed by atoms with Crippen molar-refractivity contribution >= 4 is 38.9 Å². The van der Waals surface area contributed by atoms with Crippen molar-refractivity contribution in [1.82, 2.24) is 0 Å². The van der Waals surface area contributed by atoms with E-state index in [1.54, 1.807) is 0 Å². The number of hydrogen-bond donors (Lipinski definition) is 2. The van der Waals surface area contributed by atoms with E-state index in [4.69, 9.17) is 16.3 Å². The number of anilines is 2. The molecule has 0 fully saturated rings. The fourth-order valence-electron chi connectivity index (χ4n) is 3.47. The topological polar surface area (TPSA) is 95.9 Å². The largest absolute Gasteiger partial charge is 0.484 e. The van der Waals surface area contributed by atoms with Crippen molar-refractivity contribution in [3.8, 4) is 5.75 Å². The first kappa shape index (κ1) is 23.9. The summed E-state index contributed by atoms with van der Waals surface area (Å²) in [6.07, 6.45) is -1.87. The Kier molecular flexibility index (Phi) is 6.48. The van der Waals surface area contributed by atoms with Crippen molar-refractivity contribution < 1.29 is 31.8 Å². The Morgan fingerprint density at radius 2 is 1.88 bits per heavy atom. The second kappa shape index (κ2) is 9.21. The van der Waals surface area contributed by atoms with Crippen molar-refractivity contribution in [3.63, 3.8) is 0 Å². The molecule has 0 bridgehead atoms. The van der Waals surface area contributed by atoms with E-state index in [2.05, 4.69) is 5.32 Å². The van der Waals surface area contributed by atoms with Crippen LogP contribution in [-0.4, -0.2) is 38.2 Å². The maximum atomic E-state index is 14.1. The summed E-state index contributed by atoms with van der Waals surface area (Å²) in [5, 5.41) is 12.5. The number of sulfonamides is 1. The van der Waals surface area contributed by atoms with E-state index in [-0.39, 0.29) is 39.2 Å². The van der Waals surface area contributed by atoms with E-state index in [0.717, 1.165) is 34.6 Å². The predicted molar refractivity (Wildman–Crippen MR) is 123 cm³/mol. The van der Waals surface area contributed by atoms with Gasteiger partial charge in [0.25, 0.3) is 15.9 Å². The number of aliphatic hydroxyl groups excluding tert-OH is 1. The van der Waals surface area contributed by atoms with Crippen molar-refractivity contribution in [1.29, 1.82) is 0 Å². The van der Waals surface area contributed by atoms with Crippen molar-refractivity contribution in [2.24, 2.45) is 0 Å².